The average molecular weight is 375 g/mol. The Morgan fingerprint density at radius 2 is 1.63 bits per heavy atom. The van der Waals surface area contributed by atoms with Gasteiger partial charge in [-0.05, 0) is 24.3 Å². The van der Waals surface area contributed by atoms with Crippen molar-refractivity contribution in [2.24, 2.45) is 10.9 Å². The SMILES string of the molecule is COc1ccc(C(=O)O/N=C(\N)c2ccc([N+](=O)[O-])cc2)c(OC)c1OC. The van der Waals surface area contributed by atoms with Crippen molar-refractivity contribution in [1.29, 1.82) is 0 Å². The van der Waals surface area contributed by atoms with Crippen LogP contribution in [0.25, 0.3) is 0 Å². The number of oxime groups is 1. The number of methoxy groups -OCH3 is 3. The third-order valence-electron chi connectivity index (χ3n) is 3.52. The van der Waals surface area contributed by atoms with Gasteiger partial charge in [0.25, 0.3) is 5.69 Å². The first-order valence-electron chi connectivity index (χ1n) is 7.51. The Morgan fingerprint density at radius 1 is 1.00 bits per heavy atom. The Morgan fingerprint density at radius 3 is 2.15 bits per heavy atom. The molecule has 27 heavy (non-hydrogen) atoms. The predicted octanol–water partition coefficient (Wildman–Crippen LogP) is 2.10. The van der Waals surface area contributed by atoms with Crippen LogP contribution in [-0.4, -0.2) is 38.1 Å². The molecule has 0 spiro atoms. The molecule has 0 aromatic heterocycles. The van der Waals surface area contributed by atoms with Crippen molar-refractivity contribution in [2.75, 3.05) is 21.3 Å². The van der Waals surface area contributed by atoms with Crippen molar-refractivity contribution in [3.63, 3.8) is 0 Å². The van der Waals surface area contributed by atoms with E-state index in [4.69, 9.17) is 24.8 Å². The van der Waals surface area contributed by atoms with E-state index < -0.39 is 10.9 Å². The fraction of sp³-hybridized carbons (Fsp3) is 0.176. The van der Waals surface area contributed by atoms with Crippen LogP contribution in [0.3, 0.4) is 0 Å². The monoisotopic (exact) mass is 375 g/mol. The average Bonchev–Trinajstić information content (AvgIpc) is 2.70. The molecule has 2 aromatic carbocycles. The fourth-order valence-corrected chi connectivity index (χ4v) is 2.21. The Balaban J connectivity index is 2.24. The number of benzene rings is 2. The number of rotatable bonds is 7. The first kappa shape index (κ1) is 19.5. The van der Waals surface area contributed by atoms with Gasteiger partial charge >= 0.3 is 5.97 Å². The van der Waals surface area contributed by atoms with Crippen LogP contribution in [0, 0.1) is 10.1 Å². The third-order valence-corrected chi connectivity index (χ3v) is 3.52. The molecule has 142 valence electrons. The van der Waals surface area contributed by atoms with Crippen LogP contribution in [0.4, 0.5) is 5.69 Å². The van der Waals surface area contributed by atoms with Gasteiger partial charge in [-0.2, -0.15) is 0 Å². The Labute approximate surface area is 154 Å². The highest BCUT2D eigenvalue weighted by molar-refractivity contribution is 5.99. The summed E-state index contributed by atoms with van der Waals surface area (Å²) in [4.78, 5) is 27.3. The van der Waals surface area contributed by atoms with Crippen molar-refractivity contribution < 1.29 is 28.8 Å². The van der Waals surface area contributed by atoms with Crippen LogP contribution in [0.1, 0.15) is 15.9 Å². The van der Waals surface area contributed by atoms with Gasteiger partial charge in [-0.3, -0.25) is 10.1 Å². The number of carbonyl (C=O) groups excluding carboxylic acids is 1. The molecule has 0 bridgehead atoms. The zero-order chi connectivity index (χ0) is 20.0. The van der Waals surface area contributed by atoms with E-state index in [1.165, 1.54) is 57.7 Å². The summed E-state index contributed by atoms with van der Waals surface area (Å²) in [7, 11) is 4.22. The van der Waals surface area contributed by atoms with Gasteiger partial charge in [0.2, 0.25) is 5.75 Å². The molecular weight excluding hydrogens is 358 g/mol. The molecule has 0 saturated heterocycles. The minimum absolute atomic E-state index is 0.0513. The lowest BCUT2D eigenvalue weighted by Crippen LogP contribution is -2.15. The molecule has 2 N–H and O–H groups in total. The molecular formula is C17H17N3O7. The highest BCUT2D eigenvalue weighted by Gasteiger charge is 2.22. The van der Waals surface area contributed by atoms with Crippen molar-refractivity contribution in [2.45, 2.75) is 0 Å². The highest BCUT2D eigenvalue weighted by atomic mass is 16.7. The van der Waals surface area contributed by atoms with Crippen LogP contribution in [0.15, 0.2) is 41.6 Å². The minimum atomic E-state index is -0.835. The molecule has 0 heterocycles. The van der Waals surface area contributed by atoms with Crippen molar-refractivity contribution >= 4 is 17.5 Å². The van der Waals surface area contributed by atoms with E-state index >= 15 is 0 Å². The van der Waals surface area contributed by atoms with Crippen LogP contribution < -0.4 is 19.9 Å². The number of ether oxygens (including phenoxy) is 3. The van der Waals surface area contributed by atoms with Crippen LogP contribution in [-0.2, 0) is 4.84 Å². The van der Waals surface area contributed by atoms with E-state index in [0.29, 0.717) is 11.3 Å². The van der Waals surface area contributed by atoms with Crippen molar-refractivity contribution in [3.8, 4) is 17.2 Å². The zero-order valence-electron chi connectivity index (χ0n) is 14.8. The number of hydrogen-bond acceptors (Lipinski definition) is 8. The topological polar surface area (TPSA) is 136 Å². The summed E-state index contributed by atoms with van der Waals surface area (Å²) in [6.07, 6.45) is 0. The van der Waals surface area contributed by atoms with Crippen molar-refractivity contribution in [1.82, 2.24) is 0 Å². The summed E-state index contributed by atoms with van der Waals surface area (Å²) in [5.41, 5.74) is 6.05. The highest BCUT2D eigenvalue weighted by Crippen LogP contribution is 2.39. The van der Waals surface area contributed by atoms with E-state index in [0.717, 1.165) is 0 Å². The van der Waals surface area contributed by atoms with E-state index in [1.807, 2.05) is 0 Å². The standard InChI is InChI=1S/C17H17N3O7/c1-24-13-9-8-12(14(25-2)15(13)26-3)17(21)27-19-16(18)10-4-6-11(7-5-10)20(22)23/h4-9H,1-3H3,(H2,18,19). The molecule has 0 saturated carbocycles. The number of nitrogens with two attached hydrogens (primary N) is 1. The molecule has 0 unspecified atom stereocenters. The molecule has 0 aliphatic heterocycles. The number of non-ortho nitro benzene ring substituents is 1. The Hall–Kier alpha value is -3.82. The molecule has 0 radical (unpaired) electrons. The second-order valence-corrected chi connectivity index (χ2v) is 5.04. The fourth-order valence-electron chi connectivity index (χ4n) is 2.21. The third kappa shape index (κ3) is 4.24. The van der Waals surface area contributed by atoms with E-state index in [1.54, 1.807) is 0 Å². The lowest BCUT2D eigenvalue weighted by atomic mass is 10.1. The Kier molecular flexibility index (Phi) is 6.15. The van der Waals surface area contributed by atoms with E-state index in [2.05, 4.69) is 5.16 Å². The van der Waals surface area contributed by atoms with Crippen molar-refractivity contribution in [3.05, 3.63) is 57.6 Å². The second-order valence-electron chi connectivity index (χ2n) is 5.04. The predicted molar refractivity (Wildman–Crippen MR) is 95.3 cm³/mol. The molecule has 2 rings (SSSR count). The van der Waals surface area contributed by atoms with Gasteiger partial charge in [0.1, 0.15) is 5.56 Å². The first-order chi connectivity index (χ1) is 12.9. The quantitative estimate of drug-likeness (QED) is 0.255. The summed E-state index contributed by atoms with van der Waals surface area (Å²) in [6, 6.07) is 8.25. The number of nitrogens with zero attached hydrogens (tertiary/aromatic N) is 2. The van der Waals surface area contributed by atoms with Gasteiger partial charge in [-0.25, -0.2) is 4.79 Å². The molecule has 0 amide bonds. The minimum Gasteiger partial charge on any atom is -0.493 e. The zero-order valence-corrected chi connectivity index (χ0v) is 14.8. The second kappa shape index (κ2) is 8.52. The van der Waals surface area contributed by atoms with Gasteiger partial charge in [0.15, 0.2) is 17.3 Å². The molecule has 2 aromatic rings. The summed E-state index contributed by atoms with van der Waals surface area (Å²) < 4.78 is 15.6. The molecule has 0 aliphatic rings. The van der Waals surface area contributed by atoms with Gasteiger partial charge in [0, 0.05) is 17.7 Å². The number of carbonyl (C=O) groups is 1. The van der Waals surface area contributed by atoms with E-state index in [9.17, 15) is 14.9 Å². The van der Waals surface area contributed by atoms with Crippen LogP contribution in [0.2, 0.25) is 0 Å². The lowest BCUT2D eigenvalue weighted by molar-refractivity contribution is -0.384. The smallest absolute Gasteiger partial charge is 0.369 e. The first-order valence-corrected chi connectivity index (χ1v) is 7.51. The normalized spacial score (nSPS) is 10.9. The molecule has 10 heteroatoms. The number of amidine groups is 1. The van der Waals surface area contributed by atoms with Crippen LogP contribution >= 0.6 is 0 Å². The van der Waals surface area contributed by atoms with Crippen LogP contribution in [0.5, 0.6) is 17.2 Å². The number of hydrogen-bond donors (Lipinski definition) is 1. The summed E-state index contributed by atoms with van der Waals surface area (Å²) in [5.74, 6) is -0.247. The summed E-state index contributed by atoms with van der Waals surface area (Å²) in [6.45, 7) is 0. The van der Waals surface area contributed by atoms with Gasteiger partial charge < -0.3 is 24.8 Å². The maximum Gasteiger partial charge on any atom is 0.369 e. The largest absolute Gasteiger partial charge is 0.493 e. The van der Waals surface area contributed by atoms with Gasteiger partial charge in [-0.1, -0.05) is 5.16 Å². The summed E-state index contributed by atoms with van der Waals surface area (Å²) >= 11 is 0. The molecule has 0 fully saturated rings. The number of nitro benzene ring substituents is 1. The summed E-state index contributed by atoms with van der Waals surface area (Å²) in [5, 5.41) is 14.2. The van der Waals surface area contributed by atoms with Gasteiger partial charge in [0.05, 0.1) is 26.3 Å². The molecule has 10 nitrogen and oxygen atoms in total. The Bertz CT molecular complexity index is 879. The van der Waals surface area contributed by atoms with E-state index in [-0.39, 0.29) is 28.6 Å². The molecule has 0 aliphatic carbocycles. The molecule has 0 atom stereocenters. The maximum atomic E-state index is 12.3. The van der Waals surface area contributed by atoms with Gasteiger partial charge in [-0.15, -0.1) is 0 Å². The lowest BCUT2D eigenvalue weighted by Gasteiger charge is -2.14. The maximum absolute atomic E-state index is 12.3. The number of nitro groups is 1.